The molecule has 0 fully saturated rings. The van der Waals surface area contributed by atoms with Crippen LogP contribution >= 0.6 is 0 Å². The van der Waals surface area contributed by atoms with Crippen molar-refractivity contribution in [1.82, 2.24) is 4.98 Å². The van der Waals surface area contributed by atoms with E-state index < -0.39 is 12.0 Å². The van der Waals surface area contributed by atoms with Gasteiger partial charge >= 0.3 is 5.97 Å². The first-order chi connectivity index (χ1) is 7.75. The summed E-state index contributed by atoms with van der Waals surface area (Å²) >= 11 is 0. The lowest BCUT2D eigenvalue weighted by Crippen LogP contribution is -3.00. The van der Waals surface area contributed by atoms with Crippen LogP contribution in [0.2, 0.25) is 0 Å². The summed E-state index contributed by atoms with van der Waals surface area (Å²) in [6.07, 6.45) is 2.27. The van der Waals surface area contributed by atoms with Gasteiger partial charge in [0, 0.05) is 17.3 Å². The van der Waals surface area contributed by atoms with Gasteiger partial charge in [-0.05, 0) is 11.6 Å². The summed E-state index contributed by atoms with van der Waals surface area (Å²) < 4.78 is 0. The molecule has 0 bridgehead atoms. The minimum absolute atomic E-state index is 0. The van der Waals surface area contributed by atoms with Crippen molar-refractivity contribution in [3.63, 3.8) is 0 Å². The summed E-state index contributed by atoms with van der Waals surface area (Å²) in [5.74, 6) is -0.813. The number of aromatic nitrogens is 1. The predicted octanol–water partition coefficient (Wildman–Crippen LogP) is -3.32. The van der Waals surface area contributed by atoms with Crippen molar-refractivity contribution < 1.29 is 27.3 Å². The Bertz CT molecular complexity index is 604. The summed E-state index contributed by atoms with van der Waals surface area (Å²) in [7, 11) is 0. The average Bonchev–Trinajstić information content (AvgIpc) is 2.66. The maximum Gasteiger partial charge on any atom is 0.373 e. The molecule has 1 aromatic heterocycles. The van der Waals surface area contributed by atoms with Crippen LogP contribution < -0.4 is 17.4 Å². The summed E-state index contributed by atoms with van der Waals surface area (Å²) in [5, 5.41) is 10.1. The van der Waals surface area contributed by atoms with Gasteiger partial charge in [0.15, 0.2) is 6.21 Å². The van der Waals surface area contributed by atoms with Gasteiger partial charge in [-0.25, -0.2) is 9.79 Å². The average molecular weight is 251 g/mol. The third kappa shape index (κ3) is 1.80. The standard InChI is InChI=1S/C12H10N2O2.ClH/c15-12(16)10-5-8-7-3-1-2-4-9(7)14-11(8)6-13-10;/h1-4,6,10,14H,5H2,(H,15,16);1H/t10-;/m1./s1. The zero-order chi connectivity index (χ0) is 11.1. The van der Waals surface area contributed by atoms with E-state index in [-0.39, 0.29) is 12.4 Å². The Morgan fingerprint density at radius 2 is 2.18 bits per heavy atom. The lowest BCUT2D eigenvalue weighted by atomic mass is 10.0. The van der Waals surface area contributed by atoms with E-state index in [1.807, 2.05) is 24.3 Å². The highest BCUT2D eigenvalue weighted by atomic mass is 35.5. The molecule has 17 heavy (non-hydrogen) atoms. The minimum atomic E-state index is -0.813. The van der Waals surface area contributed by atoms with Gasteiger partial charge in [0.25, 0.3) is 6.04 Å². The molecule has 2 heterocycles. The number of aliphatic carboxylic acids is 1. The van der Waals surface area contributed by atoms with Crippen molar-refractivity contribution >= 4 is 23.1 Å². The van der Waals surface area contributed by atoms with Gasteiger partial charge in [-0.1, -0.05) is 18.2 Å². The van der Waals surface area contributed by atoms with Crippen molar-refractivity contribution in [1.29, 1.82) is 0 Å². The third-order valence-corrected chi connectivity index (χ3v) is 2.98. The fourth-order valence-electron chi connectivity index (χ4n) is 2.17. The Balaban J connectivity index is 0.00000108. The molecule has 3 N–H and O–H groups in total. The van der Waals surface area contributed by atoms with Crippen molar-refractivity contribution in [2.45, 2.75) is 12.5 Å². The molecule has 2 aromatic rings. The number of carboxylic acid groups (broad SMARTS) is 1. The number of nitrogens with one attached hydrogen (secondary N) is 2. The van der Waals surface area contributed by atoms with E-state index in [1.165, 1.54) is 0 Å². The molecule has 5 heteroatoms. The van der Waals surface area contributed by atoms with Crippen LogP contribution in [0.15, 0.2) is 24.3 Å². The highest BCUT2D eigenvalue weighted by Crippen LogP contribution is 2.22. The molecule has 88 valence electrons. The molecule has 0 radical (unpaired) electrons. The van der Waals surface area contributed by atoms with E-state index in [1.54, 1.807) is 6.21 Å². The van der Waals surface area contributed by atoms with Crippen LogP contribution in [0.25, 0.3) is 10.9 Å². The molecule has 0 unspecified atom stereocenters. The summed E-state index contributed by atoms with van der Waals surface area (Å²) in [5.41, 5.74) is 3.12. The number of benzene rings is 1. The number of rotatable bonds is 1. The number of hydrogen-bond acceptors (Lipinski definition) is 1. The lowest BCUT2D eigenvalue weighted by Gasteiger charge is -2.07. The summed E-state index contributed by atoms with van der Waals surface area (Å²) in [4.78, 5) is 17.1. The Kier molecular flexibility index (Phi) is 2.90. The molecule has 0 saturated carbocycles. The van der Waals surface area contributed by atoms with E-state index in [4.69, 9.17) is 5.11 Å². The highest BCUT2D eigenvalue weighted by molar-refractivity contribution is 5.93. The van der Waals surface area contributed by atoms with Crippen molar-refractivity contribution in [2.75, 3.05) is 0 Å². The first-order valence-corrected chi connectivity index (χ1v) is 5.17. The van der Waals surface area contributed by atoms with Gasteiger partial charge in [-0.2, -0.15) is 0 Å². The number of aromatic amines is 1. The summed E-state index contributed by atoms with van der Waals surface area (Å²) in [6, 6.07) is 7.42. The molecule has 1 aliphatic heterocycles. The zero-order valence-corrected chi connectivity index (χ0v) is 9.66. The van der Waals surface area contributed by atoms with Gasteiger partial charge in [0.1, 0.15) is 5.69 Å². The summed E-state index contributed by atoms with van der Waals surface area (Å²) in [6.45, 7) is 0. The molecule has 0 saturated heterocycles. The van der Waals surface area contributed by atoms with Gasteiger partial charge in [0.2, 0.25) is 0 Å². The van der Waals surface area contributed by atoms with E-state index >= 15 is 0 Å². The van der Waals surface area contributed by atoms with Gasteiger partial charge in [0.05, 0.1) is 0 Å². The van der Waals surface area contributed by atoms with Crippen LogP contribution in [0, 0.1) is 0 Å². The Morgan fingerprint density at radius 3 is 2.94 bits per heavy atom. The molecule has 1 atom stereocenters. The van der Waals surface area contributed by atoms with E-state index in [2.05, 4.69) is 9.98 Å². The maximum atomic E-state index is 10.9. The van der Waals surface area contributed by atoms with Crippen LogP contribution in [-0.4, -0.2) is 28.3 Å². The van der Waals surface area contributed by atoms with E-state index in [9.17, 15) is 4.79 Å². The van der Waals surface area contributed by atoms with Crippen LogP contribution in [0.5, 0.6) is 0 Å². The number of H-pyrrole nitrogens is 1. The molecule has 1 aromatic carbocycles. The Morgan fingerprint density at radius 1 is 1.41 bits per heavy atom. The topological polar surface area (TPSA) is 67.1 Å². The first-order valence-electron chi connectivity index (χ1n) is 5.17. The number of hydrogen-bond donors (Lipinski definition) is 3. The Labute approximate surface area is 104 Å². The lowest BCUT2D eigenvalue weighted by molar-refractivity contribution is -0.486. The van der Waals surface area contributed by atoms with Crippen molar-refractivity contribution in [3.8, 4) is 0 Å². The predicted molar refractivity (Wildman–Crippen MR) is 59.6 cm³/mol. The van der Waals surface area contributed by atoms with E-state index in [0.717, 1.165) is 22.2 Å². The molecular formula is C12H11ClN2O2. The molecule has 3 rings (SSSR count). The third-order valence-electron chi connectivity index (χ3n) is 2.98. The molecule has 0 spiro atoms. The smallest absolute Gasteiger partial charge is 0.373 e. The SMILES string of the molecule is O=C(O)[C@H]1Cc2c([nH]c3ccccc23)C=[NH+]1.[Cl-]. The Hall–Kier alpha value is -1.81. The van der Waals surface area contributed by atoms with Crippen molar-refractivity contribution in [2.24, 2.45) is 0 Å². The number of halogens is 1. The number of fused-ring (bicyclic) bond motifs is 3. The maximum absolute atomic E-state index is 10.9. The molecule has 0 aliphatic carbocycles. The molecular weight excluding hydrogens is 240 g/mol. The van der Waals surface area contributed by atoms with Crippen LogP contribution in [0.3, 0.4) is 0 Å². The fraction of sp³-hybridized carbons (Fsp3) is 0.167. The second-order valence-corrected chi connectivity index (χ2v) is 3.97. The normalized spacial score (nSPS) is 17.5. The van der Waals surface area contributed by atoms with Crippen LogP contribution in [-0.2, 0) is 11.2 Å². The quantitative estimate of drug-likeness (QED) is 0.496. The second-order valence-electron chi connectivity index (χ2n) is 3.97. The van der Waals surface area contributed by atoms with Crippen LogP contribution in [0.4, 0.5) is 0 Å². The van der Waals surface area contributed by atoms with Crippen LogP contribution in [0.1, 0.15) is 11.3 Å². The van der Waals surface area contributed by atoms with Gasteiger partial charge in [-0.3, -0.25) is 0 Å². The van der Waals surface area contributed by atoms with E-state index in [0.29, 0.717) is 6.42 Å². The minimum Gasteiger partial charge on any atom is -1.00 e. The van der Waals surface area contributed by atoms with Gasteiger partial charge in [-0.15, -0.1) is 0 Å². The zero-order valence-electron chi connectivity index (χ0n) is 8.90. The number of carboxylic acids is 1. The number of carbonyl (C=O) groups is 1. The van der Waals surface area contributed by atoms with Gasteiger partial charge < -0.3 is 22.5 Å². The number of para-hydroxylation sites is 1. The second kappa shape index (κ2) is 4.22. The molecule has 1 aliphatic rings. The highest BCUT2D eigenvalue weighted by Gasteiger charge is 2.28. The molecule has 0 amide bonds. The monoisotopic (exact) mass is 250 g/mol. The molecule has 4 nitrogen and oxygen atoms in total. The van der Waals surface area contributed by atoms with Crippen molar-refractivity contribution in [3.05, 3.63) is 35.5 Å². The first kappa shape index (κ1) is 11.7. The fourth-order valence-corrected chi connectivity index (χ4v) is 2.17. The largest absolute Gasteiger partial charge is 1.00 e.